The van der Waals surface area contributed by atoms with Gasteiger partial charge in [0.25, 0.3) is 0 Å². The van der Waals surface area contributed by atoms with Gasteiger partial charge in [-0.2, -0.15) is 0 Å². The minimum Gasteiger partial charge on any atom is -0.387 e. The zero-order valence-corrected chi connectivity index (χ0v) is 11.2. The van der Waals surface area contributed by atoms with E-state index in [1.54, 1.807) is 6.20 Å². The molecule has 96 valence electrons. The molecule has 2 aromatic rings. The zero-order chi connectivity index (χ0) is 13.1. The van der Waals surface area contributed by atoms with Crippen molar-refractivity contribution in [2.45, 2.75) is 32.8 Å². The van der Waals surface area contributed by atoms with Gasteiger partial charge in [-0.3, -0.25) is 0 Å². The maximum Gasteiger partial charge on any atom is 0.105 e. The molecule has 3 heteroatoms. The van der Waals surface area contributed by atoms with Crippen LogP contribution in [-0.2, 0) is 13.5 Å². The molecule has 0 spiro atoms. The van der Waals surface area contributed by atoms with Crippen LogP contribution >= 0.6 is 0 Å². The molecular formula is C15H20N2O. The van der Waals surface area contributed by atoms with Crippen LogP contribution in [0.25, 0.3) is 0 Å². The Balaban J connectivity index is 2.03. The second kappa shape index (κ2) is 5.36. The van der Waals surface area contributed by atoms with Gasteiger partial charge in [0.2, 0.25) is 0 Å². The van der Waals surface area contributed by atoms with Crippen LogP contribution in [0.5, 0.6) is 0 Å². The summed E-state index contributed by atoms with van der Waals surface area (Å²) in [5.41, 5.74) is 3.47. The second-order valence-corrected chi connectivity index (χ2v) is 4.77. The third-order valence-electron chi connectivity index (χ3n) is 3.55. The van der Waals surface area contributed by atoms with Gasteiger partial charge in [0.1, 0.15) is 5.82 Å². The van der Waals surface area contributed by atoms with Crippen LogP contribution in [0.3, 0.4) is 0 Å². The predicted octanol–water partition coefficient (Wildman–Crippen LogP) is 2.70. The number of aromatic nitrogens is 2. The molecule has 18 heavy (non-hydrogen) atoms. The average molecular weight is 244 g/mol. The molecule has 0 saturated heterocycles. The van der Waals surface area contributed by atoms with Gasteiger partial charge < -0.3 is 9.67 Å². The van der Waals surface area contributed by atoms with E-state index in [4.69, 9.17) is 0 Å². The summed E-state index contributed by atoms with van der Waals surface area (Å²) in [5, 5.41) is 10.2. The molecule has 1 unspecified atom stereocenters. The van der Waals surface area contributed by atoms with Crippen LogP contribution in [-0.4, -0.2) is 14.7 Å². The zero-order valence-electron chi connectivity index (χ0n) is 11.2. The summed E-state index contributed by atoms with van der Waals surface area (Å²) in [6.07, 6.45) is 2.93. The van der Waals surface area contributed by atoms with E-state index in [1.165, 1.54) is 11.1 Å². The molecule has 0 aliphatic carbocycles. The number of benzene rings is 1. The molecule has 3 nitrogen and oxygen atoms in total. The van der Waals surface area contributed by atoms with Crippen LogP contribution in [0.2, 0.25) is 0 Å². The second-order valence-electron chi connectivity index (χ2n) is 4.77. The van der Waals surface area contributed by atoms with Crippen LogP contribution in [0.1, 0.15) is 35.2 Å². The summed E-state index contributed by atoms with van der Waals surface area (Å²) in [7, 11) is 1.94. The van der Waals surface area contributed by atoms with Gasteiger partial charge in [-0.05, 0) is 37.8 Å². The fourth-order valence-corrected chi connectivity index (χ4v) is 2.16. The Hall–Kier alpha value is -1.61. The smallest absolute Gasteiger partial charge is 0.105 e. The molecule has 0 aliphatic rings. The molecule has 1 atom stereocenters. The normalized spacial score (nSPS) is 12.7. The fraction of sp³-hybridized carbons (Fsp3) is 0.400. The van der Waals surface area contributed by atoms with Gasteiger partial charge in [-0.1, -0.05) is 24.3 Å². The monoisotopic (exact) mass is 244 g/mol. The Morgan fingerprint density at radius 2 is 2.00 bits per heavy atom. The van der Waals surface area contributed by atoms with Crippen LogP contribution < -0.4 is 0 Å². The third kappa shape index (κ3) is 2.62. The molecular weight excluding hydrogens is 224 g/mol. The van der Waals surface area contributed by atoms with Crippen LogP contribution in [0, 0.1) is 13.8 Å². The first-order valence-electron chi connectivity index (χ1n) is 6.30. The van der Waals surface area contributed by atoms with Gasteiger partial charge in [0.15, 0.2) is 0 Å². The first kappa shape index (κ1) is 12.8. The summed E-state index contributed by atoms with van der Waals surface area (Å²) < 4.78 is 1.95. The van der Waals surface area contributed by atoms with Crippen molar-refractivity contribution >= 4 is 0 Å². The molecule has 0 fully saturated rings. The number of nitrogens with zero attached hydrogens (tertiary/aromatic N) is 2. The first-order chi connectivity index (χ1) is 8.59. The van der Waals surface area contributed by atoms with Gasteiger partial charge in [-0.15, -0.1) is 0 Å². The molecule has 0 amide bonds. The lowest BCUT2D eigenvalue weighted by Gasteiger charge is -2.12. The van der Waals surface area contributed by atoms with Crippen molar-refractivity contribution in [1.29, 1.82) is 0 Å². The van der Waals surface area contributed by atoms with E-state index in [0.717, 1.165) is 24.4 Å². The van der Waals surface area contributed by atoms with Gasteiger partial charge in [0, 0.05) is 7.05 Å². The van der Waals surface area contributed by atoms with E-state index in [9.17, 15) is 5.11 Å². The molecule has 1 aromatic carbocycles. The summed E-state index contributed by atoms with van der Waals surface area (Å²) in [4.78, 5) is 4.21. The highest BCUT2D eigenvalue weighted by atomic mass is 16.3. The fourth-order valence-electron chi connectivity index (χ4n) is 2.16. The lowest BCUT2D eigenvalue weighted by Crippen LogP contribution is -2.06. The predicted molar refractivity (Wildman–Crippen MR) is 72.4 cm³/mol. The minimum absolute atomic E-state index is 0.448. The molecule has 0 aliphatic heterocycles. The Bertz CT molecular complexity index is 531. The van der Waals surface area contributed by atoms with E-state index in [-0.39, 0.29) is 0 Å². The van der Waals surface area contributed by atoms with Gasteiger partial charge >= 0.3 is 0 Å². The maximum atomic E-state index is 10.2. The number of rotatable bonds is 4. The highest BCUT2D eigenvalue weighted by Crippen LogP contribution is 2.20. The summed E-state index contributed by atoms with van der Waals surface area (Å²) in [6, 6.07) is 8.31. The minimum atomic E-state index is -0.448. The number of aryl methyl sites for hydroxylation is 3. The molecule has 1 heterocycles. The van der Waals surface area contributed by atoms with E-state index in [2.05, 4.69) is 24.0 Å². The van der Waals surface area contributed by atoms with Crippen molar-refractivity contribution in [2.75, 3.05) is 0 Å². The van der Waals surface area contributed by atoms with Crippen molar-refractivity contribution in [2.24, 2.45) is 7.05 Å². The number of aliphatic hydroxyl groups is 1. The van der Waals surface area contributed by atoms with E-state index in [1.807, 2.05) is 30.7 Å². The van der Waals surface area contributed by atoms with Crippen molar-refractivity contribution < 1.29 is 5.11 Å². The van der Waals surface area contributed by atoms with Crippen molar-refractivity contribution in [3.63, 3.8) is 0 Å². The van der Waals surface area contributed by atoms with Crippen LogP contribution in [0.15, 0.2) is 30.5 Å². The summed E-state index contributed by atoms with van der Waals surface area (Å²) >= 11 is 0. The Morgan fingerprint density at radius 3 is 2.61 bits per heavy atom. The molecule has 2 rings (SSSR count). The van der Waals surface area contributed by atoms with Gasteiger partial charge in [-0.25, -0.2) is 4.98 Å². The molecule has 0 saturated carbocycles. The lowest BCUT2D eigenvalue weighted by molar-refractivity contribution is 0.159. The molecule has 1 aromatic heterocycles. The van der Waals surface area contributed by atoms with E-state index < -0.39 is 6.10 Å². The largest absolute Gasteiger partial charge is 0.387 e. The number of hydrogen-bond donors (Lipinski definition) is 1. The average Bonchev–Trinajstić information content (AvgIpc) is 2.69. The highest BCUT2D eigenvalue weighted by molar-refractivity contribution is 5.25. The lowest BCUT2D eigenvalue weighted by atomic mass is 10.0. The van der Waals surface area contributed by atoms with Crippen molar-refractivity contribution in [3.05, 3.63) is 53.1 Å². The molecule has 0 radical (unpaired) electrons. The quantitative estimate of drug-likeness (QED) is 0.898. The SMILES string of the molecule is Cc1ccccc1CCC(O)c1cnc(C)n1C. The maximum absolute atomic E-state index is 10.2. The number of imidazole rings is 1. The Labute approximate surface area is 108 Å². The number of aliphatic hydroxyl groups excluding tert-OH is 1. The van der Waals surface area contributed by atoms with E-state index in [0.29, 0.717) is 0 Å². The number of hydrogen-bond acceptors (Lipinski definition) is 2. The standard InChI is InChI=1S/C15H20N2O/c1-11-6-4-5-7-13(11)8-9-15(18)14-10-16-12(2)17(14)3/h4-7,10,15,18H,8-9H2,1-3H3. The highest BCUT2D eigenvalue weighted by Gasteiger charge is 2.13. The van der Waals surface area contributed by atoms with E-state index >= 15 is 0 Å². The Kier molecular flexibility index (Phi) is 3.82. The van der Waals surface area contributed by atoms with Crippen molar-refractivity contribution in [1.82, 2.24) is 9.55 Å². The van der Waals surface area contributed by atoms with Crippen LogP contribution in [0.4, 0.5) is 0 Å². The summed E-state index contributed by atoms with van der Waals surface area (Å²) in [5.74, 6) is 0.931. The summed E-state index contributed by atoms with van der Waals surface area (Å²) in [6.45, 7) is 4.05. The topological polar surface area (TPSA) is 38.1 Å². The molecule has 0 bridgehead atoms. The molecule has 1 N–H and O–H groups in total. The Morgan fingerprint density at radius 1 is 1.28 bits per heavy atom. The van der Waals surface area contributed by atoms with Gasteiger partial charge in [0.05, 0.1) is 18.0 Å². The third-order valence-corrected chi connectivity index (χ3v) is 3.55. The van der Waals surface area contributed by atoms with Crippen molar-refractivity contribution in [3.8, 4) is 0 Å². The first-order valence-corrected chi connectivity index (χ1v) is 6.30.